The van der Waals surface area contributed by atoms with Crippen molar-refractivity contribution in [1.82, 2.24) is 4.37 Å². The summed E-state index contributed by atoms with van der Waals surface area (Å²) in [6.45, 7) is 2.41. The third kappa shape index (κ3) is 1.35. The minimum absolute atomic E-state index is 0.539. The van der Waals surface area contributed by atoms with E-state index in [-0.39, 0.29) is 0 Å². The Balaban J connectivity index is 2.57. The van der Waals surface area contributed by atoms with E-state index in [2.05, 4.69) is 9.66 Å². The third-order valence-electron chi connectivity index (χ3n) is 2.00. The molecule has 0 fully saturated rings. The summed E-state index contributed by atoms with van der Waals surface area (Å²) in [5.74, 6) is 0.656. The number of hydrogen-bond donors (Lipinski definition) is 0. The molecule has 0 N–H and O–H groups in total. The Hall–Kier alpha value is -1.49. The number of nitrogens with zero attached hydrogens (tertiary/aromatic N) is 3. The first kappa shape index (κ1) is 9.08. The third-order valence-corrected chi connectivity index (χ3v) is 2.82. The molecule has 0 unspecified atom stereocenters. The fourth-order valence-corrected chi connectivity index (χ4v) is 2.08. The van der Waals surface area contributed by atoms with Gasteiger partial charge in [-0.3, -0.25) is 0 Å². The average Bonchev–Trinajstić information content (AvgIpc) is 2.65. The van der Waals surface area contributed by atoms with Gasteiger partial charge >= 0.3 is 0 Å². The van der Waals surface area contributed by atoms with Crippen molar-refractivity contribution in [1.29, 1.82) is 0 Å². The van der Waals surface area contributed by atoms with Crippen LogP contribution in [0.1, 0.15) is 6.92 Å². The van der Waals surface area contributed by atoms with Crippen LogP contribution >= 0.6 is 11.5 Å². The Morgan fingerprint density at radius 2 is 2.29 bits per heavy atom. The second-order valence-electron chi connectivity index (χ2n) is 2.80. The van der Waals surface area contributed by atoms with Crippen molar-refractivity contribution in [2.45, 2.75) is 6.92 Å². The number of fused-ring (bicyclic) bond motifs is 1. The highest BCUT2D eigenvalue weighted by atomic mass is 32.1. The van der Waals surface area contributed by atoms with Crippen LogP contribution in [0.3, 0.4) is 0 Å². The van der Waals surface area contributed by atoms with Gasteiger partial charge in [0.25, 0.3) is 0 Å². The first-order chi connectivity index (χ1) is 6.86. The topological polar surface area (TPSA) is 45.6 Å². The molecule has 2 rings (SSSR count). The molecule has 14 heavy (non-hydrogen) atoms. The summed E-state index contributed by atoms with van der Waals surface area (Å²) in [4.78, 5) is 10.5. The van der Waals surface area contributed by atoms with Gasteiger partial charge < -0.3 is 0 Å². The zero-order valence-corrected chi connectivity index (χ0v) is 8.49. The molecule has 2 aromatic rings. The number of hydrogen-bond acceptors (Lipinski definition) is 4. The highest BCUT2D eigenvalue weighted by Gasteiger charge is 2.11. The summed E-state index contributed by atoms with van der Waals surface area (Å²) in [6.07, 6.45) is 0. The van der Waals surface area contributed by atoms with E-state index in [1.165, 1.54) is 16.5 Å². The molecular weight excluding hydrogens is 198 g/mol. The molecule has 5 heteroatoms. The Morgan fingerprint density at radius 1 is 1.50 bits per heavy atom. The molecule has 72 valence electrons. The molecule has 0 bridgehead atoms. The lowest BCUT2D eigenvalue weighted by Crippen LogP contribution is -2.14. The van der Waals surface area contributed by atoms with Gasteiger partial charge in [-0.1, -0.05) is 12.1 Å². The second kappa shape index (κ2) is 3.71. The lowest BCUT2D eigenvalue weighted by Gasteiger charge is -2.08. The van der Waals surface area contributed by atoms with Crippen LogP contribution in [0.5, 0.6) is 0 Å². The molecule has 0 amide bonds. The molecule has 0 saturated heterocycles. The maximum Gasteiger partial charge on any atom is 0.173 e. The van der Waals surface area contributed by atoms with Gasteiger partial charge in [0.05, 0.1) is 9.99 Å². The SMILES string of the molecule is CCN(N=O)c1nsc2ccccc12. The molecule has 1 aromatic heterocycles. The molecule has 4 nitrogen and oxygen atoms in total. The summed E-state index contributed by atoms with van der Waals surface area (Å²) < 4.78 is 5.28. The van der Waals surface area contributed by atoms with Crippen LogP contribution in [-0.4, -0.2) is 10.9 Å². The second-order valence-corrected chi connectivity index (χ2v) is 3.60. The van der Waals surface area contributed by atoms with E-state index in [0.717, 1.165) is 10.1 Å². The van der Waals surface area contributed by atoms with Gasteiger partial charge in [0.1, 0.15) is 0 Å². The number of nitroso groups, excluding NO2 is 1. The molecule has 0 aliphatic heterocycles. The van der Waals surface area contributed by atoms with Crippen molar-refractivity contribution in [2.75, 3.05) is 11.6 Å². The fourth-order valence-electron chi connectivity index (χ4n) is 1.30. The largest absolute Gasteiger partial charge is 0.210 e. The number of rotatable bonds is 3. The Bertz CT molecular complexity index is 454. The molecule has 0 saturated carbocycles. The van der Waals surface area contributed by atoms with Gasteiger partial charge in [0, 0.05) is 11.9 Å². The average molecular weight is 207 g/mol. The van der Waals surface area contributed by atoms with Crippen LogP contribution in [-0.2, 0) is 0 Å². The predicted molar refractivity (Wildman–Crippen MR) is 58.4 cm³/mol. The van der Waals surface area contributed by atoms with Crippen LogP contribution < -0.4 is 5.01 Å². The Morgan fingerprint density at radius 3 is 3.00 bits per heavy atom. The molecule has 1 heterocycles. The zero-order valence-electron chi connectivity index (χ0n) is 7.67. The molecule has 0 aliphatic rings. The Kier molecular flexibility index (Phi) is 2.41. The van der Waals surface area contributed by atoms with Crippen molar-refractivity contribution in [3.8, 4) is 0 Å². The lowest BCUT2D eigenvalue weighted by atomic mass is 10.2. The van der Waals surface area contributed by atoms with E-state index in [1.807, 2.05) is 31.2 Å². The first-order valence-electron chi connectivity index (χ1n) is 4.32. The number of benzene rings is 1. The van der Waals surface area contributed by atoms with Gasteiger partial charge in [-0.2, -0.15) is 4.37 Å². The fraction of sp³-hybridized carbons (Fsp3) is 0.222. The smallest absolute Gasteiger partial charge is 0.173 e. The maximum absolute atomic E-state index is 10.5. The first-order valence-corrected chi connectivity index (χ1v) is 5.09. The van der Waals surface area contributed by atoms with Crippen LogP contribution in [0.25, 0.3) is 10.1 Å². The molecular formula is C9H9N3OS. The van der Waals surface area contributed by atoms with Crippen LogP contribution in [0.15, 0.2) is 29.6 Å². The summed E-state index contributed by atoms with van der Waals surface area (Å²) in [5.41, 5.74) is 0. The molecule has 0 spiro atoms. The van der Waals surface area contributed by atoms with Crippen molar-refractivity contribution >= 4 is 27.4 Å². The van der Waals surface area contributed by atoms with Gasteiger partial charge in [0.2, 0.25) is 0 Å². The van der Waals surface area contributed by atoms with Crippen molar-refractivity contribution in [3.63, 3.8) is 0 Å². The van der Waals surface area contributed by atoms with Gasteiger partial charge in [-0.05, 0) is 30.6 Å². The van der Waals surface area contributed by atoms with Gasteiger partial charge in [0.15, 0.2) is 5.82 Å². The van der Waals surface area contributed by atoms with E-state index in [4.69, 9.17) is 0 Å². The van der Waals surface area contributed by atoms with Crippen molar-refractivity contribution in [2.24, 2.45) is 5.29 Å². The lowest BCUT2D eigenvalue weighted by molar-refractivity contribution is 0.876. The van der Waals surface area contributed by atoms with Gasteiger partial charge in [-0.25, -0.2) is 5.01 Å². The van der Waals surface area contributed by atoms with Gasteiger partial charge in [-0.15, -0.1) is 4.91 Å². The van der Waals surface area contributed by atoms with Crippen molar-refractivity contribution in [3.05, 3.63) is 29.2 Å². The van der Waals surface area contributed by atoms with E-state index in [0.29, 0.717) is 12.4 Å². The molecule has 0 aliphatic carbocycles. The monoisotopic (exact) mass is 207 g/mol. The van der Waals surface area contributed by atoms with Crippen LogP contribution in [0.2, 0.25) is 0 Å². The molecule has 0 atom stereocenters. The highest BCUT2D eigenvalue weighted by Crippen LogP contribution is 2.29. The minimum Gasteiger partial charge on any atom is -0.210 e. The standard InChI is InChI=1S/C9H9N3OS/c1-2-12(11-13)9-7-5-3-4-6-8(7)14-10-9/h3-6H,2H2,1H3. The number of anilines is 1. The predicted octanol–water partition coefficient (Wildman–Crippen LogP) is 2.80. The summed E-state index contributed by atoms with van der Waals surface area (Å²) in [6, 6.07) is 7.81. The van der Waals surface area contributed by atoms with Crippen LogP contribution in [0, 0.1) is 4.91 Å². The summed E-state index contributed by atoms with van der Waals surface area (Å²) >= 11 is 1.38. The zero-order chi connectivity index (χ0) is 9.97. The van der Waals surface area contributed by atoms with E-state index in [9.17, 15) is 4.91 Å². The highest BCUT2D eigenvalue weighted by molar-refractivity contribution is 7.13. The van der Waals surface area contributed by atoms with Crippen LogP contribution in [0.4, 0.5) is 5.82 Å². The molecule has 0 radical (unpaired) electrons. The maximum atomic E-state index is 10.5. The molecule has 1 aromatic carbocycles. The number of aromatic nitrogens is 1. The summed E-state index contributed by atoms with van der Waals surface area (Å²) in [7, 11) is 0. The van der Waals surface area contributed by atoms with E-state index < -0.39 is 0 Å². The van der Waals surface area contributed by atoms with E-state index in [1.54, 1.807) is 0 Å². The Labute approximate surface area is 85.3 Å². The van der Waals surface area contributed by atoms with E-state index >= 15 is 0 Å². The quantitative estimate of drug-likeness (QED) is 0.574. The normalized spacial score (nSPS) is 10.4. The summed E-state index contributed by atoms with van der Waals surface area (Å²) in [5, 5.41) is 5.27. The minimum atomic E-state index is 0.539. The van der Waals surface area contributed by atoms with Crippen molar-refractivity contribution < 1.29 is 0 Å².